The molecule has 0 bridgehead atoms. The predicted molar refractivity (Wildman–Crippen MR) is 156 cm³/mol. The predicted octanol–water partition coefficient (Wildman–Crippen LogP) is 9.48. The Labute approximate surface area is 228 Å². The Bertz CT molecular complexity index is 1140. The first-order valence-corrected chi connectivity index (χ1v) is 14.6. The third-order valence-corrected chi connectivity index (χ3v) is 7.03. The Balaban J connectivity index is 1.70. The van der Waals surface area contributed by atoms with Crippen molar-refractivity contribution in [3.63, 3.8) is 0 Å². The lowest BCUT2D eigenvalue weighted by molar-refractivity contribution is 0.0489. The van der Waals surface area contributed by atoms with Crippen molar-refractivity contribution >= 4 is 22.7 Å². The highest BCUT2D eigenvalue weighted by molar-refractivity contribution is 6.04. The second-order valence-corrected chi connectivity index (χ2v) is 10.2. The van der Waals surface area contributed by atoms with E-state index in [1.165, 1.54) is 51.4 Å². The molecule has 0 aromatic heterocycles. The van der Waals surface area contributed by atoms with Crippen molar-refractivity contribution in [2.45, 2.75) is 97.3 Å². The van der Waals surface area contributed by atoms with Gasteiger partial charge in [-0.1, -0.05) is 121 Å². The van der Waals surface area contributed by atoms with Crippen LogP contribution < -0.4 is 4.74 Å². The molecule has 0 aliphatic heterocycles. The quantitative estimate of drug-likeness (QED) is 0.102. The number of unbranched alkanes of at least 4 members (excludes halogenated alkanes) is 10. The standard InChI is InChI=1S/C34H44O4/c1-3-5-7-9-11-13-18-27-23-24-30(31(26-27)33(35)37-25-16-12-10-8-6-4-2)34(36)38-32-22-17-20-28-19-14-15-21-29(28)32/h14-15,17,19-24,26H,3-13,16,18,25H2,1-2H3. The van der Waals surface area contributed by atoms with Crippen LogP contribution in [0.1, 0.15) is 117 Å². The molecular weight excluding hydrogens is 472 g/mol. The van der Waals surface area contributed by atoms with Crippen molar-refractivity contribution in [1.29, 1.82) is 0 Å². The molecule has 0 heterocycles. The van der Waals surface area contributed by atoms with Gasteiger partial charge in [0.15, 0.2) is 0 Å². The number of fused-ring (bicyclic) bond motifs is 1. The Kier molecular flexibility index (Phi) is 12.9. The number of aryl methyl sites for hydroxylation is 1. The molecule has 0 N–H and O–H groups in total. The third-order valence-electron chi connectivity index (χ3n) is 7.03. The highest BCUT2D eigenvalue weighted by Crippen LogP contribution is 2.27. The zero-order chi connectivity index (χ0) is 27.0. The van der Waals surface area contributed by atoms with E-state index < -0.39 is 11.9 Å². The van der Waals surface area contributed by atoms with E-state index in [1.54, 1.807) is 12.1 Å². The van der Waals surface area contributed by atoms with Gasteiger partial charge in [0.1, 0.15) is 5.75 Å². The maximum Gasteiger partial charge on any atom is 0.344 e. The first-order valence-electron chi connectivity index (χ1n) is 14.6. The fourth-order valence-corrected chi connectivity index (χ4v) is 4.77. The van der Waals surface area contributed by atoms with Gasteiger partial charge in [-0.2, -0.15) is 0 Å². The van der Waals surface area contributed by atoms with Crippen LogP contribution >= 0.6 is 0 Å². The largest absolute Gasteiger partial charge is 0.462 e. The van der Waals surface area contributed by atoms with Crippen molar-refractivity contribution in [2.75, 3.05) is 6.61 Å². The number of hydrogen-bond acceptors (Lipinski definition) is 4. The fraction of sp³-hybridized carbons (Fsp3) is 0.471. The summed E-state index contributed by atoms with van der Waals surface area (Å²) in [6.07, 6.45) is 14.8. The van der Waals surface area contributed by atoms with Crippen molar-refractivity contribution in [3.8, 4) is 5.75 Å². The van der Waals surface area contributed by atoms with Crippen molar-refractivity contribution in [1.82, 2.24) is 0 Å². The molecule has 0 unspecified atom stereocenters. The van der Waals surface area contributed by atoms with Gasteiger partial charge >= 0.3 is 11.9 Å². The minimum atomic E-state index is -0.543. The zero-order valence-electron chi connectivity index (χ0n) is 23.3. The molecular formula is C34H44O4. The van der Waals surface area contributed by atoms with Gasteiger partial charge in [0.2, 0.25) is 0 Å². The smallest absolute Gasteiger partial charge is 0.344 e. The Hall–Kier alpha value is -3.14. The highest BCUT2D eigenvalue weighted by atomic mass is 16.5. The molecule has 0 aliphatic rings. The lowest BCUT2D eigenvalue weighted by Gasteiger charge is -2.13. The molecule has 204 valence electrons. The molecule has 0 amide bonds. The minimum absolute atomic E-state index is 0.248. The Morgan fingerprint density at radius 1 is 0.632 bits per heavy atom. The average Bonchev–Trinajstić information content (AvgIpc) is 2.94. The van der Waals surface area contributed by atoms with Crippen LogP contribution in [0.5, 0.6) is 5.75 Å². The first kappa shape index (κ1) is 29.4. The molecule has 4 heteroatoms. The number of carbonyl (C=O) groups is 2. The topological polar surface area (TPSA) is 52.6 Å². The van der Waals surface area contributed by atoms with Crippen LogP contribution in [0.4, 0.5) is 0 Å². The maximum atomic E-state index is 13.3. The van der Waals surface area contributed by atoms with E-state index in [2.05, 4.69) is 13.8 Å². The molecule has 38 heavy (non-hydrogen) atoms. The zero-order valence-corrected chi connectivity index (χ0v) is 23.3. The summed E-state index contributed by atoms with van der Waals surface area (Å²) in [5.74, 6) is -0.511. The summed E-state index contributed by atoms with van der Waals surface area (Å²) in [5.41, 5.74) is 1.59. The van der Waals surface area contributed by atoms with Crippen LogP contribution in [-0.4, -0.2) is 18.5 Å². The molecule has 0 saturated heterocycles. The number of ether oxygens (including phenoxy) is 2. The van der Waals surface area contributed by atoms with E-state index >= 15 is 0 Å². The van der Waals surface area contributed by atoms with E-state index in [9.17, 15) is 9.59 Å². The average molecular weight is 517 g/mol. The molecule has 0 saturated carbocycles. The number of carbonyl (C=O) groups excluding carboxylic acids is 2. The maximum absolute atomic E-state index is 13.3. The van der Waals surface area contributed by atoms with Gasteiger partial charge in [-0.25, -0.2) is 9.59 Å². The van der Waals surface area contributed by atoms with Gasteiger partial charge in [0.05, 0.1) is 17.7 Å². The lowest BCUT2D eigenvalue weighted by Crippen LogP contribution is -2.17. The number of rotatable bonds is 17. The normalized spacial score (nSPS) is 11.0. The van der Waals surface area contributed by atoms with Crippen LogP contribution in [0.25, 0.3) is 10.8 Å². The number of hydrogen-bond donors (Lipinski definition) is 0. The molecule has 0 spiro atoms. The van der Waals surface area contributed by atoms with Crippen molar-refractivity contribution in [3.05, 3.63) is 77.4 Å². The molecule has 0 fully saturated rings. The molecule has 0 radical (unpaired) electrons. The second kappa shape index (κ2) is 16.7. The first-order chi connectivity index (χ1) is 18.6. The number of esters is 2. The third kappa shape index (κ3) is 9.31. The summed E-state index contributed by atoms with van der Waals surface area (Å²) < 4.78 is 11.4. The van der Waals surface area contributed by atoms with Crippen LogP contribution in [0.3, 0.4) is 0 Å². The van der Waals surface area contributed by atoms with Gasteiger partial charge < -0.3 is 9.47 Å². The summed E-state index contributed by atoms with van der Waals surface area (Å²) in [6.45, 7) is 4.79. The molecule has 3 aromatic carbocycles. The van der Waals surface area contributed by atoms with Gasteiger partial charge in [-0.3, -0.25) is 0 Å². The van der Waals surface area contributed by atoms with E-state index in [1.807, 2.05) is 48.5 Å². The minimum Gasteiger partial charge on any atom is -0.462 e. The van der Waals surface area contributed by atoms with Crippen LogP contribution in [0, 0.1) is 0 Å². The van der Waals surface area contributed by atoms with Gasteiger partial charge in [-0.15, -0.1) is 0 Å². The number of benzene rings is 3. The van der Waals surface area contributed by atoms with E-state index in [0.717, 1.165) is 48.4 Å². The van der Waals surface area contributed by atoms with Gasteiger partial charge in [0.25, 0.3) is 0 Å². The summed E-state index contributed by atoms with van der Waals surface area (Å²) in [7, 11) is 0. The Morgan fingerprint density at radius 3 is 2.05 bits per heavy atom. The van der Waals surface area contributed by atoms with Crippen LogP contribution in [0.15, 0.2) is 60.7 Å². The van der Waals surface area contributed by atoms with Gasteiger partial charge in [-0.05, 0) is 48.4 Å². The molecule has 0 aliphatic carbocycles. The van der Waals surface area contributed by atoms with Crippen LogP contribution in [-0.2, 0) is 11.2 Å². The summed E-state index contributed by atoms with van der Waals surface area (Å²) in [6, 6.07) is 18.9. The lowest BCUT2D eigenvalue weighted by atomic mass is 9.99. The highest BCUT2D eigenvalue weighted by Gasteiger charge is 2.21. The molecule has 3 aromatic rings. The SMILES string of the molecule is CCCCCCCCOC(=O)c1cc(CCCCCCCC)ccc1C(=O)Oc1cccc2ccccc12. The summed E-state index contributed by atoms with van der Waals surface area (Å²) >= 11 is 0. The van der Waals surface area contributed by atoms with E-state index in [4.69, 9.17) is 9.47 Å². The van der Waals surface area contributed by atoms with Crippen molar-refractivity contribution < 1.29 is 19.1 Å². The molecule has 0 atom stereocenters. The Morgan fingerprint density at radius 2 is 1.29 bits per heavy atom. The molecule has 3 rings (SSSR count). The summed E-state index contributed by atoms with van der Waals surface area (Å²) in [5, 5.41) is 1.85. The van der Waals surface area contributed by atoms with Crippen molar-refractivity contribution in [2.24, 2.45) is 0 Å². The monoisotopic (exact) mass is 516 g/mol. The van der Waals surface area contributed by atoms with Gasteiger partial charge in [0, 0.05) is 5.39 Å². The van der Waals surface area contributed by atoms with Crippen LogP contribution in [0.2, 0.25) is 0 Å². The van der Waals surface area contributed by atoms with E-state index in [-0.39, 0.29) is 5.56 Å². The second-order valence-electron chi connectivity index (χ2n) is 10.2. The fourth-order valence-electron chi connectivity index (χ4n) is 4.77. The van der Waals surface area contributed by atoms with E-state index in [0.29, 0.717) is 17.9 Å². The molecule has 4 nitrogen and oxygen atoms in total. The summed E-state index contributed by atoms with van der Waals surface area (Å²) in [4.78, 5) is 26.4.